The van der Waals surface area contributed by atoms with Gasteiger partial charge in [-0.2, -0.15) is 0 Å². The van der Waals surface area contributed by atoms with Crippen molar-refractivity contribution in [3.8, 4) is 23.0 Å². The van der Waals surface area contributed by atoms with E-state index in [1.165, 1.54) is 13.2 Å². The molecule has 1 aliphatic heterocycles. The molecule has 15 heavy (non-hydrogen) atoms. The summed E-state index contributed by atoms with van der Waals surface area (Å²) in [4.78, 5) is 0. The SMILES string of the molecule is COc1cc2c(cc1OB(O)O)OCO2. The summed E-state index contributed by atoms with van der Waals surface area (Å²) in [6, 6.07) is 3.03. The van der Waals surface area contributed by atoms with Gasteiger partial charge in [0.15, 0.2) is 17.2 Å². The second-order valence-electron chi connectivity index (χ2n) is 2.80. The van der Waals surface area contributed by atoms with Gasteiger partial charge in [0.1, 0.15) is 5.75 Å². The maximum Gasteiger partial charge on any atom is 0.707 e. The fraction of sp³-hybridized carbons (Fsp3) is 0.250. The minimum atomic E-state index is -1.90. The maximum absolute atomic E-state index is 8.68. The van der Waals surface area contributed by atoms with E-state index in [0.717, 1.165) is 0 Å². The van der Waals surface area contributed by atoms with E-state index in [9.17, 15) is 0 Å². The summed E-state index contributed by atoms with van der Waals surface area (Å²) in [7, 11) is -0.465. The van der Waals surface area contributed by atoms with Gasteiger partial charge in [-0.25, -0.2) is 0 Å². The summed E-state index contributed by atoms with van der Waals surface area (Å²) in [5.41, 5.74) is 0. The third-order valence-corrected chi connectivity index (χ3v) is 1.89. The van der Waals surface area contributed by atoms with Gasteiger partial charge in [0, 0.05) is 12.1 Å². The molecule has 0 spiro atoms. The lowest BCUT2D eigenvalue weighted by Crippen LogP contribution is -2.20. The molecule has 80 valence electrons. The highest BCUT2D eigenvalue weighted by Gasteiger charge is 2.21. The van der Waals surface area contributed by atoms with Gasteiger partial charge in [-0.15, -0.1) is 0 Å². The van der Waals surface area contributed by atoms with Gasteiger partial charge in [-0.1, -0.05) is 0 Å². The van der Waals surface area contributed by atoms with E-state index < -0.39 is 7.32 Å². The summed E-state index contributed by atoms with van der Waals surface area (Å²) in [6.45, 7) is 0.129. The van der Waals surface area contributed by atoms with E-state index in [-0.39, 0.29) is 12.5 Å². The fourth-order valence-electron chi connectivity index (χ4n) is 1.27. The second-order valence-corrected chi connectivity index (χ2v) is 2.80. The van der Waals surface area contributed by atoms with Crippen LogP contribution in [0.25, 0.3) is 0 Å². The highest BCUT2D eigenvalue weighted by atomic mass is 16.7. The van der Waals surface area contributed by atoms with Crippen LogP contribution in [-0.4, -0.2) is 31.3 Å². The number of rotatable bonds is 3. The van der Waals surface area contributed by atoms with E-state index in [1.54, 1.807) is 6.07 Å². The van der Waals surface area contributed by atoms with Crippen LogP contribution in [0, 0.1) is 0 Å². The average molecular weight is 212 g/mol. The smallest absolute Gasteiger partial charge is 0.509 e. The number of hydrogen-bond acceptors (Lipinski definition) is 6. The molecule has 0 bridgehead atoms. The first-order chi connectivity index (χ1) is 7.20. The van der Waals surface area contributed by atoms with E-state index in [0.29, 0.717) is 17.2 Å². The van der Waals surface area contributed by atoms with Gasteiger partial charge in [-0.05, 0) is 0 Å². The predicted molar refractivity (Wildman–Crippen MR) is 49.9 cm³/mol. The zero-order chi connectivity index (χ0) is 10.8. The van der Waals surface area contributed by atoms with Crippen molar-refractivity contribution in [1.29, 1.82) is 0 Å². The molecule has 6 nitrogen and oxygen atoms in total. The molecule has 0 aliphatic carbocycles. The van der Waals surface area contributed by atoms with Gasteiger partial charge >= 0.3 is 7.32 Å². The molecule has 0 unspecified atom stereocenters. The zero-order valence-corrected chi connectivity index (χ0v) is 7.97. The lowest BCUT2D eigenvalue weighted by molar-refractivity contribution is 0.173. The predicted octanol–water partition coefficient (Wildman–Crippen LogP) is -0.228. The minimum absolute atomic E-state index is 0.129. The van der Waals surface area contributed by atoms with Crippen LogP contribution in [0.1, 0.15) is 0 Å². The standard InChI is InChI=1S/C8H9BO6/c1-12-5-2-6-7(14-4-13-6)3-8(5)15-9(10)11/h2-3,10-11H,4H2,1H3. The summed E-state index contributed by atoms with van der Waals surface area (Å²) in [5.74, 6) is 1.53. The molecule has 7 heteroatoms. The molecule has 0 amide bonds. The Bertz CT molecular complexity index is 366. The van der Waals surface area contributed by atoms with Crippen molar-refractivity contribution < 1.29 is 28.9 Å². The first-order valence-electron chi connectivity index (χ1n) is 4.21. The Balaban J connectivity index is 2.35. The summed E-state index contributed by atoms with van der Waals surface area (Å²) >= 11 is 0. The van der Waals surface area contributed by atoms with Crippen LogP contribution in [0.5, 0.6) is 23.0 Å². The van der Waals surface area contributed by atoms with Crippen molar-refractivity contribution in [3.63, 3.8) is 0 Å². The van der Waals surface area contributed by atoms with Crippen LogP contribution in [0.3, 0.4) is 0 Å². The number of ether oxygens (including phenoxy) is 3. The number of benzene rings is 1. The summed E-state index contributed by atoms with van der Waals surface area (Å²) < 4.78 is 19.9. The largest absolute Gasteiger partial charge is 0.707 e. The zero-order valence-electron chi connectivity index (χ0n) is 7.97. The van der Waals surface area contributed by atoms with E-state index in [2.05, 4.69) is 0 Å². The molecule has 1 aromatic carbocycles. The van der Waals surface area contributed by atoms with Crippen molar-refractivity contribution in [2.45, 2.75) is 0 Å². The Morgan fingerprint density at radius 1 is 1.20 bits per heavy atom. The highest BCUT2D eigenvalue weighted by Crippen LogP contribution is 2.41. The van der Waals surface area contributed by atoms with Gasteiger partial charge < -0.3 is 28.9 Å². The van der Waals surface area contributed by atoms with Crippen LogP contribution in [-0.2, 0) is 0 Å². The Labute approximate surface area is 86.1 Å². The Hall–Kier alpha value is -1.60. The van der Waals surface area contributed by atoms with Crippen molar-refractivity contribution in [2.75, 3.05) is 13.9 Å². The lowest BCUT2D eigenvalue weighted by Gasteiger charge is -2.10. The molecule has 0 saturated heterocycles. The van der Waals surface area contributed by atoms with Crippen molar-refractivity contribution >= 4 is 7.32 Å². The Kier molecular flexibility index (Phi) is 2.57. The lowest BCUT2D eigenvalue weighted by atomic mass is 10.2. The summed E-state index contributed by atoms with van der Waals surface area (Å²) in [5, 5.41) is 17.4. The van der Waals surface area contributed by atoms with Crippen LogP contribution in [0.2, 0.25) is 0 Å². The topological polar surface area (TPSA) is 77.4 Å². The van der Waals surface area contributed by atoms with Gasteiger partial charge in [0.05, 0.1) is 7.11 Å². The molecule has 2 N–H and O–H groups in total. The minimum Gasteiger partial charge on any atom is -0.509 e. The molecule has 1 heterocycles. The molecule has 2 rings (SSSR count). The second kappa shape index (κ2) is 3.88. The molecule has 1 aliphatic rings. The highest BCUT2D eigenvalue weighted by molar-refractivity contribution is 6.33. The first-order valence-corrected chi connectivity index (χ1v) is 4.21. The molecule has 0 atom stereocenters. The van der Waals surface area contributed by atoms with Crippen molar-refractivity contribution in [1.82, 2.24) is 0 Å². The number of methoxy groups -OCH3 is 1. The molecule has 0 aromatic heterocycles. The fourth-order valence-corrected chi connectivity index (χ4v) is 1.27. The molecule has 0 saturated carbocycles. The maximum atomic E-state index is 8.68. The van der Waals surface area contributed by atoms with E-state index in [4.69, 9.17) is 28.9 Å². The number of fused-ring (bicyclic) bond motifs is 1. The van der Waals surface area contributed by atoms with Gasteiger partial charge in [0.25, 0.3) is 0 Å². The van der Waals surface area contributed by atoms with Crippen LogP contribution < -0.4 is 18.9 Å². The van der Waals surface area contributed by atoms with E-state index >= 15 is 0 Å². The van der Waals surface area contributed by atoms with E-state index in [1.807, 2.05) is 0 Å². The monoisotopic (exact) mass is 212 g/mol. The van der Waals surface area contributed by atoms with Crippen LogP contribution in [0.4, 0.5) is 0 Å². The third kappa shape index (κ3) is 1.93. The summed E-state index contributed by atoms with van der Waals surface area (Å²) in [6.07, 6.45) is 0. The average Bonchev–Trinajstić information content (AvgIpc) is 2.62. The molecular weight excluding hydrogens is 203 g/mol. The van der Waals surface area contributed by atoms with Gasteiger partial charge in [-0.3, -0.25) is 0 Å². The van der Waals surface area contributed by atoms with Crippen LogP contribution >= 0.6 is 0 Å². The molecule has 0 radical (unpaired) electrons. The molecule has 1 aromatic rings. The van der Waals surface area contributed by atoms with Gasteiger partial charge in [0.2, 0.25) is 6.79 Å². The van der Waals surface area contributed by atoms with Crippen molar-refractivity contribution in [3.05, 3.63) is 12.1 Å². The Morgan fingerprint density at radius 2 is 1.80 bits per heavy atom. The first kappa shape index (κ1) is 9.94. The quantitative estimate of drug-likeness (QED) is 0.674. The van der Waals surface area contributed by atoms with Crippen molar-refractivity contribution in [2.24, 2.45) is 0 Å². The Morgan fingerprint density at radius 3 is 2.33 bits per heavy atom. The number of hydrogen-bond donors (Lipinski definition) is 2. The van der Waals surface area contributed by atoms with Crippen LogP contribution in [0.15, 0.2) is 12.1 Å². The third-order valence-electron chi connectivity index (χ3n) is 1.89. The molecule has 0 fully saturated rings. The molecular formula is C8H9BO6. The normalized spacial score (nSPS) is 12.5.